The molecule has 1 amide bonds. The Morgan fingerprint density at radius 2 is 2.13 bits per heavy atom. The van der Waals surface area contributed by atoms with Crippen molar-refractivity contribution < 1.29 is 33.7 Å². The van der Waals surface area contributed by atoms with E-state index in [4.69, 9.17) is 19.3 Å². The molecule has 30 heavy (non-hydrogen) atoms. The second-order valence-corrected chi connectivity index (χ2v) is 7.20. The Bertz CT molecular complexity index is 841. The van der Waals surface area contributed by atoms with Crippen LogP contribution in [0.3, 0.4) is 0 Å². The zero-order valence-electron chi connectivity index (χ0n) is 16.6. The molecule has 11 heteroatoms. The van der Waals surface area contributed by atoms with E-state index in [9.17, 15) is 14.4 Å². The summed E-state index contributed by atoms with van der Waals surface area (Å²) in [5.74, 6) is -0.706. The lowest BCUT2D eigenvalue weighted by molar-refractivity contribution is -0.143. The number of rotatable bonds is 11. The van der Waals surface area contributed by atoms with Crippen molar-refractivity contribution in [3.8, 4) is 11.5 Å². The molecule has 2 rings (SSSR count). The van der Waals surface area contributed by atoms with Gasteiger partial charge in [0.15, 0.2) is 16.7 Å². The van der Waals surface area contributed by atoms with Gasteiger partial charge in [0.25, 0.3) is 0 Å². The quantitative estimate of drug-likeness (QED) is 0.232. The molecule has 162 valence electrons. The van der Waals surface area contributed by atoms with Gasteiger partial charge in [-0.25, -0.2) is 0 Å². The number of carboxylic acids is 1. The fraction of sp³-hybridized carbons (Fsp3) is 0.421. The number of hydrogen-bond donors (Lipinski definition) is 2. The Labute approximate surface area is 177 Å². The number of hydrogen-bond acceptors (Lipinski definition) is 9. The predicted molar refractivity (Wildman–Crippen MR) is 111 cm³/mol. The van der Waals surface area contributed by atoms with Gasteiger partial charge in [0.2, 0.25) is 5.91 Å². The van der Waals surface area contributed by atoms with Crippen molar-refractivity contribution in [3.63, 3.8) is 0 Å². The number of carbonyl (C=O) groups excluding carboxylic acids is 2. The standard InChI is InChI=1S/C19H23N3O7S/c1-3-28-17(25)5-4-8-29-14-9-12(6-7-13(14)27-2)11-20-22-19-21-18(26)15(30-19)10-16(23)24/h6-7,9,11,15H,3-5,8,10H2,1-2H3,(H,23,24)(H,21,22,26). The van der Waals surface area contributed by atoms with Crippen LogP contribution in [0.5, 0.6) is 11.5 Å². The number of thioether (sulfide) groups is 1. The molecule has 0 aromatic heterocycles. The molecule has 0 aliphatic carbocycles. The van der Waals surface area contributed by atoms with Crippen LogP contribution in [0.1, 0.15) is 31.7 Å². The van der Waals surface area contributed by atoms with Gasteiger partial charge in [-0.05, 0) is 37.1 Å². The average Bonchev–Trinajstić information content (AvgIpc) is 3.04. The maximum atomic E-state index is 11.7. The maximum absolute atomic E-state index is 11.7. The van der Waals surface area contributed by atoms with Crippen LogP contribution in [-0.2, 0) is 19.1 Å². The lowest BCUT2D eigenvalue weighted by atomic mass is 10.2. The zero-order chi connectivity index (χ0) is 21.9. The molecule has 1 heterocycles. The van der Waals surface area contributed by atoms with Gasteiger partial charge >= 0.3 is 11.9 Å². The molecule has 1 atom stereocenters. The van der Waals surface area contributed by atoms with E-state index in [1.807, 2.05) is 0 Å². The highest BCUT2D eigenvalue weighted by atomic mass is 32.2. The van der Waals surface area contributed by atoms with Crippen molar-refractivity contribution in [3.05, 3.63) is 23.8 Å². The van der Waals surface area contributed by atoms with E-state index in [1.54, 1.807) is 25.1 Å². The molecule has 1 aliphatic rings. The molecule has 1 unspecified atom stereocenters. The number of nitrogens with zero attached hydrogens (tertiary/aromatic N) is 2. The van der Waals surface area contributed by atoms with E-state index in [2.05, 4.69) is 15.5 Å². The third-order valence-corrected chi connectivity index (χ3v) is 4.84. The molecule has 0 bridgehead atoms. The summed E-state index contributed by atoms with van der Waals surface area (Å²) < 4.78 is 15.8. The summed E-state index contributed by atoms with van der Waals surface area (Å²) in [6.45, 7) is 2.41. The summed E-state index contributed by atoms with van der Waals surface area (Å²) in [5.41, 5.74) is 0.678. The number of amidine groups is 1. The number of ether oxygens (including phenoxy) is 3. The molecule has 1 aliphatic heterocycles. The second-order valence-electron chi connectivity index (χ2n) is 6.01. The second kappa shape index (κ2) is 11.8. The predicted octanol–water partition coefficient (Wildman–Crippen LogP) is 1.81. The highest BCUT2D eigenvalue weighted by Gasteiger charge is 2.32. The van der Waals surface area contributed by atoms with E-state index in [0.29, 0.717) is 36.7 Å². The summed E-state index contributed by atoms with van der Waals surface area (Å²) in [6.07, 6.45) is 1.95. The fourth-order valence-corrected chi connectivity index (χ4v) is 3.33. The molecule has 0 saturated carbocycles. The lowest BCUT2D eigenvalue weighted by Gasteiger charge is -2.11. The van der Waals surface area contributed by atoms with Gasteiger partial charge in [-0.3, -0.25) is 14.4 Å². The van der Waals surface area contributed by atoms with Gasteiger partial charge in [-0.2, -0.15) is 5.10 Å². The Balaban J connectivity index is 1.94. The Morgan fingerprint density at radius 1 is 1.33 bits per heavy atom. The number of methoxy groups -OCH3 is 1. The third-order valence-electron chi connectivity index (χ3n) is 3.77. The van der Waals surface area contributed by atoms with Crippen LogP contribution >= 0.6 is 11.8 Å². The average molecular weight is 437 g/mol. The molecular formula is C19H23N3O7S. The Morgan fingerprint density at radius 3 is 2.83 bits per heavy atom. The fourth-order valence-electron chi connectivity index (χ4n) is 2.41. The first-order valence-electron chi connectivity index (χ1n) is 9.19. The first-order chi connectivity index (χ1) is 14.4. The van der Waals surface area contributed by atoms with Crippen molar-refractivity contribution in [2.24, 2.45) is 10.2 Å². The van der Waals surface area contributed by atoms with E-state index in [-0.39, 0.29) is 24.0 Å². The van der Waals surface area contributed by atoms with Crippen LogP contribution in [0.15, 0.2) is 28.4 Å². The van der Waals surface area contributed by atoms with Crippen molar-refractivity contribution in [2.45, 2.75) is 31.4 Å². The number of esters is 1. The van der Waals surface area contributed by atoms with Gasteiger partial charge in [-0.15, -0.1) is 5.10 Å². The molecule has 2 N–H and O–H groups in total. The summed E-state index contributed by atoms with van der Waals surface area (Å²) in [4.78, 5) is 33.8. The highest BCUT2D eigenvalue weighted by molar-refractivity contribution is 8.15. The van der Waals surface area contributed by atoms with Crippen molar-refractivity contribution >= 4 is 41.0 Å². The number of aliphatic carboxylic acids is 1. The van der Waals surface area contributed by atoms with Crippen molar-refractivity contribution in [1.29, 1.82) is 0 Å². The zero-order valence-corrected chi connectivity index (χ0v) is 17.4. The van der Waals surface area contributed by atoms with Gasteiger partial charge in [0.05, 0.1) is 33.0 Å². The minimum absolute atomic E-state index is 0.242. The number of carbonyl (C=O) groups is 3. The SMILES string of the molecule is CCOC(=O)CCCOc1cc(C=NN=C2NC(=O)C(CC(=O)O)S2)ccc1OC. The lowest BCUT2D eigenvalue weighted by Crippen LogP contribution is -2.26. The number of amides is 1. The normalized spacial score (nSPS) is 17.2. The first kappa shape index (κ1) is 23.2. The first-order valence-corrected chi connectivity index (χ1v) is 10.1. The largest absolute Gasteiger partial charge is 0.493 e. The third kappa shape index (κ3) is 7.39. The van der Waals surface area contributed by atoms with Crippen LogP contribution in [0.2, 0.25) is 0 Å². The Kier molecular flexibility index (Phi) is 9.13. The summed E-state index contributed by atoms with van der Waals surface area (Å²) in [5, 5.41) is 18.7. The van der Waals surface area contributed by atoms with Crippen LogP contribution in [0, 0.1) is 0 Å². The van der Waals surface area contributed by atoms with Crippen LogP contribution in [0.25, 0.3) is 0 Å². The molecule has 1 saturated heterocycles. The number of nitrogens with one attached hydrogen (secondary N) is 1. The molecule has 0 spiro atoms. The van der Waals surface area contributed by atoms with E-state index >= 15 is 0 Å². The van der Waals surface area contributed by atoms with Gasteiger partial charge < -0.3 is 24.6 Å². The summed E-state index contributed by atoms with van der Waals surface area (Å²) in [6, 6.07) is 5.17. The van der Waals surface area contributed by atoms with E-state index < -0.39 is 17.1 Å². The van der Waals surface area contributed by atoms with Gasteiger partial charge in [0.1, 0.15) is 5.25 Å². The monoisotopic (exact) mass is 437 g/mol. The highest BCUT2D eigenvalue weighted by Crippen LogP contribution is 2.28. The van der Waals surface area contributed by atoms with Crippen molar-refractivity contribution in [1.82, 2.24) is 5.32 Å². The molecule has 10 nitrogen and oxygen atoms in total. The minimum Gasteiger partial charge on any atom is -0.493 e. The Hall–Kier alpha value is -3.08. The smallest absolute Gasteiger partial charge is 0.305 e. The maximum Gasteiger partial charge on any atom is 0.305 e. The van der Waals surface area contributed by atoms with Gasteiger partial charge in [0, 0.05) is 6.42 Å². The minimum atomic E-state index is -1.06. The van der Waals surface area contributed by atoms with Crippen LogP contribution in [0.4, 0.5) is 0 Å². The van der Waals surface area contributed by atoms with Crippen LogP contribution in [-0.4, -0.2) is 59.9 Å². The van der Waals surface area contributed by atoms with Crippen molar-refractivity contribution in [2.75, 3.05) is 20.3 Å². The van der Waals surface area contributed by atoms with Gasteiger partial charge in [-0.1, -0.05) is 11.8 Å². The molecule has 0 radical (unpaired) electrons. The van der Waals surface area contributed by atoms with E-state index in [0.717, 1.165) is 11.8 Å². The number of carboxylic acid groups (broad SMARTS) is 1. The summed E-state index contributed by atoms with van der Waals surface area (Å²) >= 11 is 1.02. The number of benzene rings is 1. The molecule has 1 fully saturated rings. The molecule has 1 aromatic rings. The van der Waals surface area contributed by atoms with Crippen LogP contribution < -0.4 is 14.8 Å². The topological polar surface area (TPSA) is 136 Å². The molecular weight excluding hydrogens is 414 g/mol. The van der Waals surface area contributed by atoms with E-state index in [1.165, 1.54) is 13.3 Å². The summed E-state index contributed by atoms with van der Waals surface area (Å²) in [7, 11) is 1.52. The molecule has 1 aromatic carbocycles.